The molecular weight excluding hydrogens is 400 g/mol. The van der Waals surface area contributed by atoms with Gasteiger partial charge in [-0.1, -0.05) is 37.6 Å². The highest BCUT2D eigenvalue weighted by molar-refractivity contribution is 6.33. The summed E-state index contributed by atoms with van der Waals surface area (Å²) >= 11 is 6.54. The molecule has 0 bridgehead atoms. The molecule has 3 heterocycles. The molecule has 0 aliphatic carbocycles. The number of halogens is 1. The van der Waals surface area contributed by atoms with Gasteiger partial charge in [-0.25, -0.2) is 15.0 Å². The first kappa shape index (κ1) is 21.0. The van der Waals surface area contributed by atoms with Crippen LogP contribution in [0.15, 0.2) is 24.3 Å². The molecule has 0 atom stereocenters. The number of hydrogen-bond acceptors (Lipinski definition) is 6. The molecule has 0 unspecified atom stereocenters. The van der Waals surface area contributed by atoms with E-state index in [4.69, 9.17) is 26.6 Å². The van der Waals surface area contributed by atoms with Gasteiger partial charge in [0, 0.05) is 50.3 Å². The van der Waals surface area contributed by atoms with Crippen molar-refractivity contribution in [2.75, 3.05) is 44.7 Å². The van der Waals surface area contributed by atoms with Crippen LogP contribution in [-0.4, -0.2) is 69.4 Å². The lowest BCUT2D eigenvalue weighted by molar-refractivity contribution is 0.142. The van der Waals surface area contributed by atoms with E-state index in [1.54, 1.807) is 0 Å². The van der Waals surface area contributed by atoms with E-state index in [0.29, 0.717) is 17.4 Å². The Morgan fingerprint density at radius 1 is 1.07 bits per heavy atom. The summed E-state index contributed by atoms with van der Waals surface area (Å²) in [5.74, 6) is 2.34. The minimum absolute atomic E-state index is 0.0595. The lowest BCUT2D eigenvalue weighted by Crippen LogP contribution is -2.45. The normalized spacial score (nSPS) is 15.9. The molecule has 8 heteroatoms. The third kappa shape index (κ3) is 4.02. The number of rotatable bonds is 5. The Morgan fingerprint density at radius 2 is 1.77 bits per heavy atom. The molecule has 1 aliphatic heterocycles. The van der Waals surface area contributed by atoms with Gasteiger partial charge in [-0.05, 0) is 26.1 Å². The average molecular weight is 429 g/mol. The molecule has 1 fully saturated rings. The summed E-state index contributed by atoms with van der Waals surface area (Å²) in [6.07, 6.45) is 0. The molecule has 0 radical (unpaired) electrons. The molecule has 3 aromatic rings. The Morgan fingerprint density at radius 3 is 2.43 bits per heavy atom. The number of piperazine rings is 1. The molecule has 0 amide bonds. The van der Waals surface area contributed by atoms with E-state index in [9.17, 15) is 5.11 Å². The van der Waals surface area contributed by atoms with Gasteiger partial charge in [0.2, 0.25) is 0 Å². The second-order valence-electron chi connectivity index (χ2n) is 8.88. The third-order valence-corrected chi connectivity index (χ3v) is 5.95. The fourth-order valence-corrected chi connectivity index (χ4v) is 4.03. The summed E-state index contributed by atoms with van der Waals surface area (Å²) in [6, 6.07) is 7.72. The quantitative estimate of drug-likeness (QED) is 0.672. The minimum atomic E-state index is -0.337. The summed E-state index contributed by atoms with van der Waals surface area (Å²) in [5.41, 5.74) is 2.09. The zero-order chi connectivity index (χ0) is 21.5. The molecule has 1 saturated heterocycles. The third-order valence-electron chi connectivity index (χ3n) is 5.62. The number of likely N-dealkylation sites (N-methyl/N-ethyl adjacent to an activating group) is 1. The molecule has 4 rings (SSSR count). The van der Waals surface area contributed by atoms with Crippen LogP contribution >= 0.6 is 11.6 Å². The van der Waals surface area contributed by atoms with E-state index < -0.39 is 0 Å². The SMILES string of the molecule is Cc1nc(N2CCN(C)CC2)c2nc(-c3ccccc3Cl)n(CC(C)(C)CO)c2n1. The van der Waals surface area contributed by atoms with Gasteiger partial charge >= 0.3 is 0 Å². The highest BCUT2D eigenvalue weighted by Crippen LogP contribution is 2.34. The van der Waals surface area contributed by atoms with Gasteiger partial charge in [0.05, 0.1) is 5.02 Å². The van der Waals surface area contributed by atoms with Gasteiger partial charge in [0.25, 0.3) is 0 Å². The minimum Gasteiger partial charge on any atom is -0.396 e. The maximum absolute atomic E-state index is 9.91. The van der Waals surface area contributed by atoms with Crippen molar-refractivity contribution in [1.82, 2.24) is 24.4 Å². The topological polar surface area (TPSA) is 70.3 Å². The number of aliphatic hydroxyl groups excluding tert-OH is 1. The highest BCUT2D eigenvalue weighted by Gasteiger charge is 2.27. The number of anilines is 1. The van der Waals surface area contributed by atoms with Gasteiger partial charge in [-0.2, -0.15) is 0 Å². The first-order valence-corrected chi connectivity index (χ1v) is 10.7. The first-order valence-electron chi connectivity index (χ1n) is 10.3. The molecule has 1 aliphatic rings. The molecular formula is C22H29ClN6O. The predicted octanol–water partition coefficient (Wildman–Crippen LogP) is 3.23. The van der Waals surface area contributed by atoms with Crippen LogP contribution in [0, 0.1) is 12.3 Å². The van der Waals surface area contributed by atoms with Gasteiger partial charge in [0.1, 0.15) is 11.6 Å². The Hall–Kier alpha value is -2.22. The van der Waals surface area contributed by atoms with E-state index in [1.165, 1.54) is 0 Å². The van der Waals surface area contributed by atoms with Crippen LogP contribution in [0.5, 0.6) is 0 Å². The van der Waals surface area contributed by atoms with E-state index in [0.717, 1.165) is 54.5 Å². The number of fused-ring (bicyclic) bond motifs is 1. The number of aryl methyl sites for hydroxylation is 1. The smallest absolute Gasteiger partial charge is 0.166 e. The van der Waals surface area contributed by atoms with E-state index >= 15 is 0 Å². The molecule has 160 valence electrons. The van der Waals surface area contributed by atoms with Gasteiger partial charge in [0.15, 0.2) is 17.0 Å². The lowest BCUT2D eigenvalue weighted by Gasteiger charge is -2.33. The number of aliphatic hydroxyl groups is 1. The van der Waals surface area contributed by atoms with E-state index in [1.807, 2.05) is 45.0 Å². The molecule has 2 aromatic heterocycles. The van der Waals surface area contributed by atoms with Crippen LogP contribution < -0.4 is 4.90 Å². The number of nitrogens with zero attached hydrogens (tertiary/aromatic N) is 6. The van der Waals surface area contributed by atoms with Crippen molar-refractivity contribution in [3.05, 3.63) is 35.1 Å². The molecule has 7 nitrogen and oxygen atoms in total. The number of benzene rings is 1. The van der Waals surface area contributed by atoms with E-state index in [2.05, 4.69) is 21.4 Å². The highest BCUT2D eigenvalue weighted by atomic mass is 35.5. The van der Waals surface area contributed by atoms with Crippen molar-refractivity contribution in [3.8, 4) is 11.4 Å². The number of aromatic nitrogens is 4. The predicted molar refractivity (Wildman–Crippen MR) is 121 cm³/mol. The molecule has 0 spiro atoms. The van der Waals surface area contributed by atoms with Crippen LogP contribution in [0.1, 0.15) is 19.7 Å². The van der Waals surface area contributed by atoms with Crippen molar-refractivity contribution in [2.45, 2.75) is 27.3 Å². The Kier molecular flexibility index (Phi) is 5.70. The first-order chi connectivity index (χ1) is 14.3. The molecule has 30 heavy (non-hydrogen) atoms. The molecule has 1 N–H and O–H groups in total. The number of hydrogen-bond donors (Lipinski definition) is 1. The van der Waals surface area contributed by atoms with Crippen molar-refractivity contribution < 1.29 is 5.11 Å². The summed E-state index contributed by atoms with van der Waals surface area (Å²) in [7, 11) is 2.14. The number of imidazole rings is 1. The summed E-state index contributed by atoms with van der Waals surface area (Å²) < 4.78 is 2.08. The largest absolute Gasteiger partial charge is 0.396 e. The second kappa shape index (κ2) is 8.13. The zero-order valence-electron chi connectivity index (χ0n) is 18.1. The molecule has 0 saturated carbocycles. The molecule has 1 aromatic carbocycles. The van der Waals surface area contributed by atoms with Gasteiger partial charge in [-0.15, -0.1) is 0 Å². The summed E-state index contributed by atoms with van der Waals surface area (Å²) in [5, 5.41) is 10.6. The van der Waals surface area contributed by atoms with Crippen LogP contribution in [0.3, 0.4) is 0 Å². The van der Waals surface area contributed by atoms with Crippen molar-refractivity contribution in [1.29, 1.82) is 0 Å². The fourth-order valence-electron chi connectivity index (χ4n) is 3.81. The van der Waals surface area contributed by atoms with Crippen molar-refractivity contribution >= 4 is 28.6 Å². The monoisotopic (exact) mass is 428 g/mol. The van der Waals surface area contributed by atoms with Crippen molar-refractivity contribution in [2.24, 2.45) is 5.41 Å². The fraction of sp³-hybridized carbons (Fsp3) is 0.500. The van der Waals surface area contributed by atoms with Crippen LogP contribution in [-0.2, 0) is 6.54 Å². The Bertz CT molecular complexity index is 1060. The maximum atomic E-state index is 9.91. The summed E-state index contributed by atoms with van der Waals surface area (Å²) in [4.78, 5) is 19.2. The lowest BCUT2D eigenvalue weighted by atomic mass is 9.94. The Balaban J connectivity index is 1.94. The second-order valence-corrected chi connectivity index (χ2v) is 9.29. The summed E-state index contributed by atoms with van der Waals surface area (Å²) in [6.45, 7) is 10.4. The van der Waals surface area contributed by atoms with Crippen LogP contribution in [0.4, 0.5) is 5.82 Å². The average Bonchev–Trinajstić information content (AvgIpc) is 3.06. The van der Waals surface area contributed by atoms with Crippen LogP contribution in [0.25, 0.3) is 22.6 Å². The van der Waals surface area contributed by atoms with Crippen LogP contribution in [0.2, 0.25) is 5.02 Å². The maximum Gasteiger partial charge on any atom is 0.166 e. The Labute approximate surface area is 182 Å². The van der Waals surface area contributed by atoms with Crippen molar-refractivity contribution in [3.63, 3.8) is 0 Å². The van der Waals surface area contributed by atoms with Gasteiger partial charge in [-0.3, -0.25) is 0 Å². The standard InChI is InChI=1S/C22H29ClN6O/c1-15-24-20(28-11-9-27(4)10-12-28)18-21(25-15)29(13-22(2,3)14-30)19(26-18)16-7-5-6-8-17(16)23/h5-8,30H,9-14H2,1-4H3. The van der Waals surface area contributed by atoms with Gasteiger partial charge < -0.3 is 19.5 Å². The zero-order valence-corrected chi connectivity index (χ0v) is 18.8. The van der Waals surface area contributed by atoms with E-state index in [-0.39, 0.29) is 12.0 Å².